The van der Waals surface area contributed by atoms with Gasteiger partial charge >= 0.3 is 0 Å². The lowest BCUT2D eigenvalue weighted by Crippen LogP contribution is -2.46. The van der Waals surface area contributed by atoms with Gasteiger partial charge in [-0.05, 0) is 24.8 Å². The molecule has 0 spiro atoms. The minimum absolute atomic E-state index is 0.0133. The van der Waals surface area contributed by atoms with E-state index in [1.54, 1.807) is 0 Å². The summed E-state index contributed by atoms with van der Waals surface area (Å²) in [6, 6.07) is 10.3. The Morgan fingerprint density at radius 1 is 1.25 bits per heavy atom. The van der Waals surface area contributed by atoms with Crippen LogP contribution < -0.4 is 5.73 Å². The van der Waals surface area contributed by atoms with Gasteiger partial charge in [-0.2, -0.15) is 0 Å². The third-order valence-electron chi connectivity index (χ3n) is 4.98. The van der Waals surface area contributed by atoms with E-state index in [0.717, 1.165) is 12.0 Å². The van der Waals surface area contributed by atoms with Crippen LogP contribution in [0.2, 0.25) is 0 Å². The van der Waals surface area contributed by atoms with E-state index in [9.17, 15) is 4.79 Å². The summed E-state index contributed by atoms with van der Waals surface area (Å²) in [5.41, 5.74) is 6.84. The average molecular weight is 332 g/mol. The molecule has 1 aromatic rings. The Morgan fingerprint density at radius 2 is 1.96 bits per heavy atom. The van der Waals surface area contributed by atoms with Crippen LogP contribution in [0, 0.1) is 5.92 Å². The van der Waals surface area contributed by atoms with Crippen molar-refractivity contribution in [1.82, 2.24) is 4.90 Å². The van der Waals surface area contributed by atoms with Gasteiger partial charge in [0, 0.05) is 13.2 Å². The summed E-state index contributed by atoms with van der Waals surface area (Å²) in [5, 5.41) is 0. The first-order valence-electron chi connectivity index (χ1n) is 9.35. The zero-order valence-electron chi connectivity index (χ0n) is 15.0. The topological polar surface area (TPSA) is 55.6 Å². The standard InChI is InChI=1S/C20H32N2O2/c1-2-24-16-19(13-17-9-5-3-6-10-17)22(20(23)14-21)15-18-11-7-4-8-12-18/h4,7-8,11-12,17,19H,2-3,5-6,9-10,13-16,21H2,1H3. The largest absolute Gasteiger partial charge is 0.380 e. The maximum absolute atomic E-state index is 12.5. The molecule has 0 aliphatic heterocycles. The van der Waals surface area contributed by atoms with E-state index in [-0.39, 0.29) is 18.5 Å². The van der Waals surface area contributed by atoms with Crippen LogP contribution in [0.25, 0.3) is 0 Å². The summed E-state index contributed by atoms with van der Waals surface area (Å²) in [6.07, 6.45) is 7.56. The minimum Gasteiger partial charge on any atom is -0.380 e. The van der Waals surface area contributed by atoms with Crippen molar-refractivity contribution < 1.29 is 9.53 Å². The summed E-state index contributed by atoms with van der Waals surface area (Å²) < 4.78 is 5.72. The number of hydrogen-bond donors (Lipinski definition) is 1. The Morgan fingerprint density at radius 3 is 2.58 bits per heavy atom. The van der Waals surface area contributed by atoms with Crippen LogP contribution >= 0.6 is 0 Å². The van der Waals surface area contributed by atoms with E-state index < -0.39 is 0 Å². The Balaban J connectivity index is 2.10. The number of carbonyl (C=O) groups excluding carboxylic acids is 1. The lowest BCUT2D eigenvalue weighted by Gasteiger charge is -2.35. The monoisotopic (exact) mass is 332 g/mol. The van der Waals surface area contributed by atoms with Gasteiger partial charge < -0.3 is 15.4 Å². The number of carbonyl (C=O) groups is 1. The molecule has 1 amide bonds. The third-order valence-corrected chi connectivity index (χ3v) is 4.98. The average Bonchev–Trinajstić information content (AvgIpc) is 2.64. The molecule has 1 fully saturated rings. The molecule has 4 heteroatoms. The molecular formula is C20H32N2O2. The summed E-state index contributed by atoms with van der Waals surface area (Å²) >= 11 is 0. The predicted molar refractivity (Wildman–Crippen MR) is 97.5 cm³/mol. The number of nitrogens with zero attached hydrogens (tertiary/aromatic N) is 1. The quantitative estimate of drug-likeness (QED) is 0.754. The molecule has 1 aliphatic carbocycles. The Bertz CT molecular complexity index is 472. The van der Waals surface area contributed by atoms with E-state index in [0.29, 0.717) is 25.7 Å². The SMILES string of the molecule is CCOCC(CC1CCCCC1)N(Cc1ccccc1)C(=O)CN. The molecule has 4 nitrogen and oxygen atoms in total. The number of hydrogen-bond acceptors (Lipinski definition) is 3. The van der Waals surface area contributed by atoms with Gasteiger partial charge in [0.1, 0.15) is 0 Å². The molecule has 1 unspecified atom stereocenters. The van der Waals surface area contributed by atoms with Gasteiger partial charge in [0.2, 0.25) is 5.91 Å². The maximum atomic E-state index is 12.5. The van der Waals surface area contributed by atoms with Gasteiger partial charge in [0.05, 0.1) is 19.2 Å². The van der Waals surface area contributed by atoms with Crippen LogP contribution in [0.4, 0.5) is 0 Å². The van der Waals surface area contributed by atoms with E-state index in [2.05, 4.69) is 12.1 Å². The molecule has 0 heterocycles. The zero-order chi connectivity index (χ0) is 17.2. The predicted octanol–water partition coefficient (Wildman–Crippen LogP) is 3.35. The second-order valence-electron chi connectivity index (χ2n) is 6.76. The van der Waals surface area contributed by atoms with E-state index in [1.807, 2.05) is 30.0 Å². The lowest BCUT2D eigenvalue weighted by molar-refractivity contribution is -0.134. The summed E-state index contributed by atoms with van der Waals surface area (Å²) in [6.45, 7) is 3.95. The highest BCUT2D eigenvalue weighted by atomic mass is 16.5. The lowest BCUT2D eigenvalue weighted by atomic mass is 9.84. The van der Waals surface area contributed by atoms with Gasteiger partial charge in [-0.15, -0.1) is 0 Å². The molecule has 0 saturated heterocycles. The fourth-order valence-corrected chi connectivity index (χ4v) is 3.67. The molecule has 1 aliphatic rings. The molecule has 24 heavy (non-hydrogen) atoms. The highest BCUT2D eigenvalue weighted by Gasteiger charge is 2.27. The smallest absolute Gasteiger partial charge is 0.236 e. The summed E-state index contributed by atoms with van der Waals surface area (Å²) in [4.78, 5) is 14.5. The van der Waals surface area contributed by atoms with Crippen molar-refractivity contribution in [2.24, 2.45) is 11.7 Å². The first-order chi connectivity index (χ1) is 11.7. The summed E-state index contributed by atoms with van der Waals surface area (Å²) in [7, 11) is 0. The van der Waals surface area contributed by atoms with Crippen LogP contribution in [-0.2, 0) is 16.1 Å². The molecule has 1 saturated carbocycles. The third kappa shape index (κ3) is 5.91. The molecule has 1 aromatic carbocycles. The first kappa shape index (κ1) is 18.9. The van der Waals surface area contributed by atoms with Crippen LogP contribution in [0.3, 0.4) is 0 Å². The van der Waals surface area contributed by atoms with Gasteiger partial charge in [-0.25, -0.2) is 0 Å². The van der Waals surface area contributed by atoms with E-state index >= 15 is 0 Å². The molecule has 2 rings (SSSR count). The van der Waals surface area contributed by atoms with Gasteiger partial charge in [0.15, 0.2) is 0 Å². The number of ether oxygens (including phenoxy) is 1. The van der Waals surface area contributed by atoms with Crippen molar-refractivity contribution in [2.75, 3.05) is 19.8 Å². The van der Waals surface area contributed by atoms with Gasteiger partial charge in [0.25, 0.3) is 0 Å². The Kier molecular flexibility index (Phi) is 8.26. The fourth-order valence-electron chi connectivity index (χ4n) is 3.67. The zero-order valence-corrected chi connectivity index (χ0v) is 15.0. The normalized spacial score (nSPS) is 16.8. The van der Waals surface area contributed by atoms with Crippen molar-refractivity contribution in [3.8, 4) is 0 Å². The number of rotatable bonds is 9. The number of nitrogens with two attached hydrogens (primary N) is 1. The Labute approximate surface area is 146 Å². The first-order valence-corrected chi connectivity index (χ1v) is 9.35. The number of amides is 1. The van der Waals surface area contributed by atoms with Crippen LogP contribution in [0.5, 0.6) is 0 Å². The fraction of sp³-hybridized carbons (Fsp3) is 0.650. The maximum Gasteiger partial charge on any atom is 0.236 e. The molecule has 0 bridgehead atoms. The highest BCUT2D eigenvalue weighted by Crippen LogP contribution is 2.29. The van der Waals surface area contributed by atoms with Crippen LogP contribution in [-0.4, -0.2) is 36.6 Å². The minimum atomic E-state index is 0.0133. The van der Waals surface area contributed by atoms with Crippen molar-refractivity contribution in [3.63, 3.8) is 0 Å². The molecule has 2 N–H and O–H groups in total. The van der Waals surface area contributed by atoms with E-state index in [1.165, 1.54) is 32.1 Å². The Hall–Kier alpha value is -1.39. The summed E-state index contributed by atoms with van der Waals surface area (Å²) in [5.74, 6) is 0.715. The van der Waals surface area contributed by atoms with Crippen molar-refractivity contribution in [2.45, 2.75) is 58.0 Å². The molecule has 0 aromatic heterocycles. The van der Waals surface area contributed by atoms with Gasteiger partial charge in [-0.1, -0.05) is 62.4 Å². The molecular weight excluding hydrogens is 300 g/mol. The van der Waals surface area contributed by atoms with E-state index in [4.69, 9.17) is 10.5 Å². The van der Waals surface area contributed by atoms with Crippen LogP contribution in [0.15, 0.2) is 30.3 Å². The van der Waals surface area contributed by atoms with Crippen LogP contribution in [0.1, 0.15) is 51.0 Å². The van der Waals surface area contributed by atoms with Crippen molar-refractivity contribution >= 4 is 5.91 Å². The second-order valence-corrected chi connectivity index (χ2v) is 6.76. The van der Waals surface area contributed by atoms with Crippen molar-refractivity contribution in [1.29, 1.82) is 0 Å². The van der Waals surface area contributed by atoms with Crippen molar-refractivity contribution in [3.05, 3.63) is 35.9 Å². The number of benzene rings is 1. The molecule has 0 radical (unpaired) electrons. The second kappa shape index (κ2) is 10.5. The molecule has 1 atom stereocenters. The highest BCUT2D eigenvalue weighted by molar-refractivity contribution is 5.78. The molecule has 134 valence electrons. The van der Waals surface area contributed by atoms with Gasteiger partial charge in [-0.3, -0.25) is 4.79 Å².